The Morgan fingerprint density at radius 2 is 2.17 bits per heavy atom. The molecule has 0 amide bonds. The number of hydrogen-bond acceptors (Lipinski definition) is 4. The molecule has 0 radical (unpaired) electrons. The third-order valence-electron chi connectivity index (χ3n) is 4.93. The van der Waals surface area contributed by atoms with Crippen molar-refractivity contribution in [3.8, 4) is 0 Å². The summed E-state index contributed by atoms with van der Waals surface area (Å²) in [6.07, 6.45) is 9.75. The molecule has 1 aliphatic carbocycles. The summed E-state index contributed by atoms with van der Waals surface area (Å²) in [5.74, 6) is 0.927. The molecule has 5 nitrogen and oxygen atoms in total. The van der Waals surface area contributed by atoms with E-state index in [-0.39, 0.29) is 24.0 Å². The normalized spacial score (nSPS) is 22.6. The summed E-state index contributed by atoms with van der Waals surface area (Å²) in [4.78, 5) is 12.7. The van der Waals surface area contributed by atoms with Gasteiger partial charge >= 0.3 is 0 Å². The van der Waals surface area contributed by atoms with Gasteiger partial charge in [-0.3, -0.25) is 9.89 Å². The molecule has 2 heterocycles. The lowest BCUT2D eigenvalue weighted by Gasteiger charge is -2.24. The summed E-state index contributed by atoms with van der Waals surface area (Å²) < 4.78 is 0. The van der Waals surface area contributed by atoms with E-state index in [2.05, 4.69) is 32.4 Å². The highest BCUT2D eigenvalue weighted by Crippen LogP contribution is 2.26. The molecule has 3 rings (SSSR count). The first-order chi connectivity index (χ1) is 11.2. The zero-order valence-corrected chi connectivity index (χ0v) is 17.9. The quantitative estimate of drug-likeness (QED) is 0.401. The summed E-state index contributed by atoms with van der Waals surface area (Å²) in [6.45, 7) is 5.38. The number of hydrogen-bond donors (Lipinski definition) is 2. The van der Waals surface area contributed by atoms with Gasteiger partial charge < -0.3 is 10.6 Å². The number of nitrogens with one attached hydrogen (secondary N) is 2. The third-order valence-corrected chi connectivity index (χ3v) is 5.90. The van der Waals surface area contributed by atoms with Crippen LogP contribution in [0.5, 0.6) is 0 Å². The van der Waals surface area contributed by atoms with E-state index in [1.54, 1.807) is 11.3 Å². The second kappa shape index (κ2) is 9.91. The lowest BCUT2D eigenvalue weighted by molar-refractivity contribution is 0.242. The van der Waals surface area contributed by atoms with E-state index in [9.17, 15) is 0 Å². The Kier molecular flexibility index (Phi) is 8.22. The maximum Gasteiger partial charge on any atom is 0.191 e. The smallest absolute Gasteiger partial charge is 0.191 e. The fourth-order valence-electron chi connectivity index (χ4n) is 3.70. The molecule has 2 fully saturated rings. The highest BCUT2D eigenvalue weighted by Gasteiger charge is 2.30. The molecular weight excluding hydrogens is 433 g/mol. The van der Waals surface area contributed by atoms with Gasteiger partial charge in [-0.2, -0.15) is 0 Å². The first-order valence-corrected chi connectivity index (χ1v) is 9.69. The number of rotatable bonds is 5. The molecule has 1 saturated carbocycles. The van der Waals surface area contributed by atoms with Crippen LogP contribution in [0.3, 0.4) is 0 Å². The van der Waals surface area contributed by atoms with E-state index in [0.717, 1.165) is 31.5 Å². The maximum atomic E-state index is 4.41. The molecule has 24 heavy (non-hydrogen) atoms. The number of nitrogens with zero attached hydrogens (tertiary/aromatic N) is 3. The van der Waals surface area contributed by atoms with Gasteiger partial charge in [0.15, 0.2) is 5.96 Å². The van der Waals surface area contributed by atoms with Crippen molar-refractivity contribution in [1.29, 1.82) is 0 Å². The number of thiazole rings is 1. The summed E-state index contributed by atoms with van der Waals surface area (Å²) in [5, 5.41) is 8.21. The first-order valence-electron chi connectivity index (χ1n) is 8.87. The molecule has 0 bridgehead atoms. The van der Waals surface area contributed by atoms with Gasteiger partial charge in [-0.05, 0) is 26.2 Å². The van der Waals surface area contributed by atoms with Gasteiger partial charge in [-0.15, -0.1) is 35.3 Å². The minimum absolute atomic E-state index is 0. The number of aromatic nitrogens is 1. The molecule has 7 heteroatoms. The summed E-state index contributed by atoms with van der Waals surface area (Å²) >= 11 is 1.78. The average molecular weight is 463 g/mol. The second-order valence-electron chi connectivity index (χ2n) is 6.68. The van der Waals surface area contributed by atoms with Gasteiger partial charge in [0.25, 0.3) is 0 Å². The van der Waals surface area contributed by atoms with Crippen molar-refractivity contribution >= 4 is 41.3 Å². The van der Waals surface area contributed by atoms with E-state index >= 15 is 0 Å². The lowest BCUT2D eigenvalue weighted by Crippen LogP contribution is -2.45. The number of aryl methyl sites for hydroxylation is 1. The van der Waals surface area contributed by atoms with Crippen LogP contribution >= 0.6 is 35.3 Å². The molecule has 136 valence electrons. The molecule has 0 spiro atoms. The largest absolute Gasteiger partial charge is 0.356 e. The Labute approximate surface area is 166 Å². The molecule has 1 atom stereocenters. The van der Waals surface area contributed by atoms with Crippen LogP contribution in [0.25, 0.3) is 0 Å². The molecule has 1 unspecified atom stereocenters. The lowest BCUT2D eigenvalue weighted by atomic mass is 10.2. The molecular formula is C17H30IN5S. The van der Waals surface area contributed by atoms with Gasteiger partial charge in [0.1, 0.15) is 0 Å². The van der Waals surface area contributed by atoms with Crippen LogP contribution < -0.4 is 10.6 Å². The SMILES string of the molecule is CN=C(NCCc1ncc(C)s1)NC1CCN(C2CCCC2)C1.I. The summed E-state index contributed by atoms with van der Waals surface area (Å²) in [6, 6.07) is 1.37. The first kappa shape index (κ1) is 19.9. The van der Waals surface area contributed by atoms with Crippen molar-refractivity contribution in [2.45, 2.75) is 57.5 Å². The number of guanidine groups is 1. The summed E-state index contributed by atoms with van der Waals surface area (Å²) in [7, 11) is 1.85. The van der Waals surface area contributed by atoms with Crippen LogP contribution in [0.15, 0.2) is 11.2 Å². The molecule has 1 aliphatic heterocycles. The Bertz CT molecular complexity index is 527. The van der Waals surface area contributed by atoms with E-state index < -0.39 is 0 Å². The minimum atomic E-state index is 0. The predicted molar refractivity (Wildman–Crippen MR) is 113 cm³/mol. The van der Waals surface area contributed by atoms with E-state index in [1.165, 1.54) is 48.5 Å². The van der Waals surface area contributed by atoms with Gasteiger partial charge in [0, 0.05) is 56.3 Å². The Hall–Kier alpha value is -0.410. The van der Waals surface area contributed by atoms with Crippen LogP contribution in [0.1, 0.15) is 42.0 Å². The van der Waals surface area contributed by atoms with Gasteiger partial charge in [-0.25, -0.2) is 4.98 Å². The van der Waals surface area contributed by atoms with Crippen LogP contribution in [-0.4, -0.2) is 54.6 Å². The van der Waals surface area contributed by atoms with Gasteiger partial charge in [0.2, 0.25) is 0 Å². The highest BCUT2D eigenvalue weighted by molar-refractivity contribution is 14.0. The molecule has 1 aromatic rings. The average Bonchev–Trinajstić information content (AvgIpc) is 3.27. The van der Waals surface area contributed by atoms with Crippen LogP contribution in [-0.2, 0) is 6.42 Å². The fourth-order valence-corrected chi connectivity index (χ4v) is 4.49. The Balaban J connectivity index is 0.00000208. The van der Waals surface area contributed by atoms with Crippen molar-refractivity contribution < 1.29 is 0 Å². The summed E-state index contributed by atoms with van der Waals surface area (Å²) in [5.41, 5.74) is 0. The van der Waals surface area contributed by atoms with Crippen LogP contribution in [0.4, 0.5) is 0 Å². The number of aliphatic imine (C=N–C) groups is 1. The highest BCUT2D eigenvalue weighted by atomic mass is 127. The van der Waals surface area contributed by atoms with E-state index in [4.69, 9.17) is 0 Å². The van der Waals surface area contributed by atoms with E-state index in [1.807, 2.05) is 13.2 Å². The minimum Gasteiger partial charge on any atom is -0.356 e. The Morgan fingerprint density at radius 3 is 2.83 bits per heavy atom. The topological polar surface area (TPSA) is 52.6 Å². The van der Waals surface area contributed by atoms with Crippen molar-refractivity contribution in [2.24, 2.45) is 4.99 Å². The maximum absolute atomic E-state index is 4.41. The Morgan fingerprint density at radius 1 is 1.38 bits per heavy atom. The fraction of sp³-hybridized carbons (Fsp3) is 0.765. The molecule has 0 aromatic carbocycles. The molecule has 2 aliphatic rings. The molecule has 2 N–H and O–H groups in total. The van der Waals surface area contributed by atoms with Crippen molar-refractivity contribution in [3.63, 3.8) is 0 Å². The predicted octanol–water partition coefficient (Wildman–Crippen LogP) is 2.79. The monoisotopic (exact) mass is 463 g/mol. The van der Waals surface area contributed by atoms with Gasteiger partial charge in [0.05, 0.1) is 5.01 Å². The third kappa shape index (κ3) is 5.56. The second-order valence-corrected chi connectivity index (χ2v) is 8.00. The van der Waals surface area contributed by atoms with Crippen LogP contribution in [0, 0.1) is 6.92 Å². The van der Waals surface area contributed by atoms with E-state index in [0.29, 0.717) is 6.04 Å². The van der Waals surface area contributed by atoms with Gasteiger partial charge in [-0.1, -0.05) is 12.8 Å². The standard InChI is InChI=1S/C17H29N5S.HI/c1-13-11-20-16(23-13)7-9-19-17(18-2)21-14-8-10-22(12-14)15-5-3-4-6-15;/h11,14-15H,3-10,12H2,1-2H3,(H2,18,19,21);1H. The van der Waals surface area contributed by atoms with Crippen molar-refractivity contribution in [3.05, 3.63) is 16.1 Å². The molecule has 1 aromatic heterocycles. The number of halogens is 1. The molecule has 1 saturated heterocycles. The zero-order valence-electron chi connectivity index (χ0n) is 14.8. The number of likely N-dealkylation sites (tertiary alicyclic amines) is 1. The van der Waals surface area contributed by atoms with Crippen LogP contribution in [0.2, 0.25) is 0 Å². The zero-order chi connectivity index (χ0) is 16.1. The van der Waals surface area contributed by atoms with Crippen molar-refractivity contribution in [2.75, 3.05) is 26.7 Å². The van der Waals surface area contributed by atoms with Crippen molar-refractivity contribution in [1.82, 2.24) is 20.5 Å².